The average molecular weight is 214 g/mol. The Morgan fingerprint density at radius 3 is 1.87 bits per heavy atom. The molecule has 0 radical (unpaired) electrons. The van der Waals surface area contributed by atoms with Gasteiger partial charge in [0, 0.05) is 17.4 Å². The first-order valence-corrected chi connectivity index (χ1v) is 5.02. The molecule has 0 aliphatic rings. The number of carbonyl (C=O) groups is 2. The third-order valence-corrected chi connectivity index (χ3v) is 3.38. The summed E-state index contributed by atoms with van der Waals surface area (Å²) in [5, 5.41) is 21.2. The first-order chi connectivity index (χ1) is 6.61. The number of carboxylic acid groups (broad SMARTS) is 2. The Labute approximate surface area is 90.3 Å². The second-order valence-corrected chi connectivity index (χ2v) is 5.02. The molecule has 0 aliphatic heterocycles. The third kappa shape index (κ3) is 3.53. The summed E-state index contributed by atoms with van der Waals surface area (Å²) in [5.74, 6) is -2.21. The topological polar surface area (TPSA) is 80.3 Å². The van der Waals surface area contributed by atoms with Gasteiger partial charge in [-0.15, -0.1) is 0 Å². The molecule has 0 aromatic rings. The summed E-state index contributed by atoms with van der Waals surface area (Å²) in [7, 11) is 0. The van der Waals surface area contributed by atoms with Crippen LogP contribution in [-0.2, 0) is 9.59 Å². The lowest BCUT2D eigenvalue weighted by atomic mass is 9.65. The Bertz CT molecular complexity index is 253. The van der Waals surface area contributed by atoms with E-state index in [0.717, 1.165) is 0 Å². The third-order valence-electron chi connectivity index (χ3n) is 3.38. The van der Waals surface area contributed by atoms with Crippen molar-refractivity contribution in [2.24, 2.45) is 10.8 Å². The van der Waals surface area contributed by atoms with E-state index in [0.29, 0.717) is 12.8 Å². The molecular weight excluding hydrogens is 196 g/mol. The van der Waals surface area contributed by atoms with Crippen molar-refractivity contribution in [3.8, 4) is 0 Å². The highest BCUT2D eigenvalue weighted by Gasteiger charge is 2.37. The van der Waals surface area contributed by atoms with Gasteiger partial charge < -0.3 is 19.8 Å². The normalized spacial score (nSPS) is 12.5. The van der Waals surface area contributed by atoms with Crippen LogP contribution in [0.3, 0.4) is 0 Å². The van der Waals surface area contributed by atoms with Gasteiger partial charge in [-0.1, -0.05) is 27.7 Å². The lowest BCUT2D eigenvalue weighted by Crippen LogP contribution is -2.47. The van der Waals surface area contributed by atoms with E-state index in [1.807, 2.05) is 0 Å². The molecule has 4 nitrogen and oxygen atoms in total. The molecule has 0 unspecified atom stereocenters. The quantitative estimate of drug-likeness (QED) is 0.608. The molecular formula is C11H18O4-2. The molecule has 4 heteroatoms. The number of hydrogen-bond acceptors (Lipinski definition) is 4. The van der Waals surface area contributed by atoms with Crippen molar-refractivity contribution in [1.82, 2.24) is 0 Å². The van der Waals surface area contributed by atoms with Crippen LogP contribution in [0.5, 0.6) is 0 Å². The molecule has 0 aromatic heterocycles. The first kappa shape index (κ1) is 13.9. The van der Waals surface area contributed by atoms with Crippen molar-refractivity contribution in [3.63, 3.8) is 0 Å². The predicted molar refractivity (Wildman–Crippen MR) is 51.4 cm³/mol. The molecule has 15 heavy (non-hydrogen) atoms. The first-order valence-electron chi connectivity index (χ1n) is 5.02. The van der Waals surface area contributed by atoms with Gasteiger partial charge in [0.2, 0.25) is 0 Å². The maximum Gasteiger partial charge on any atom is 0.0476 e. The minimum atomic E-state index is -1.11. The zero-order valence-electron chi connectivity index (χ0n) is 9.75. The maximum absolute atomic E-state index is 10.9. The summed E-state index contributed by atoms with van der Waals surface area (Å²) in [6.07, 6.45) is 0.903. The van der Waals surface area contributed by atoms with E-state index in [1.165, 1.54) is 0 Å². The fraction of sp³-hybridized carbons (Fsp3) is 0.818. The fourth-order valence-electron chi connectivity index (χ4n) is 1.26. The molecule has 0 aromatic carbocycles. The molecule has 0 saturated carbocycles. The predicted octanol–water partition coefficient (Wildman–Crippen LogP) is -0.291. The van der Waals surface area contributed by atoms with Gasteiger partial charge in [-0.2, -0.15) is 0 Å². The van der Waals surface area contributed by atoms with Crippen LogP contribution in [-0.4, -0.2) is 11.9 Å². The van der Waals surface area contributed by atoms with Gasteiger partial charge >= 0.3 is 0 Å². The van der Waals surface area contributed by atoms with Gasteiger partial charge in [0.05, 0.1) is 0 Å². The maximum atomic E-state index is 10.9. The van der Waals surface area contributed by atoms with Crippen LogP contribution in [0.1, 0.15) is 47.0 Å². The summed E-state index contributed by atoms with van der Waals surface area (Å²) in [4.78, 5) is 21.2. The minimum Gasteiger partial charge on any atom is -0.550 e. The number of carboxylic acids is 2. The van der Waals surface area contributed by atoms with Crippen molar-refractivity contribution in [1.29, 1.82) is 0 Å². The van der Waals surface area contributed by atoms with Crippen molar-refractivity contribution in [2.75, 3.05) is 0 Å². The van der Waals surface area contributed by atoms with Gasteiger partial charge in [-0.25, -0.2) is 0 Å². The Kier molecular flexibility index (Phi) is 4.31. The van der Waals surface area contributed by atoms with E-state index in [9.17, 15) is 19.8 Å². The summed E-state index contributed by atoms with van der Waals surface area (Å²) < 4.78 is 0. The zero-order valence-corrected chi connectivity index (χ0v) is 9.75. The summed E-state index contributed by atoms with van der Waals surface area (Å²) in [6, 6.07) is 0. The summed E-state index contributed by atoms with van der Waals surface area (Å²) in [5.41, 5.74) is -1.47. The number of carbonyl (C=O) groups excluding carboxylic acids is 2. The highest BCUT2D eigenvalue weighted by molar-refractivity contribution is 5.72. The second-order valence-electron chi connectivity index (χ2n) is 5.02. The molecule has 0 N–H and O–H groups in total. The molecule has 0 bridgehead atoms. The molecule has 0 rings (SSSR count). The van der Waals surface area contributed by atoms with Gasteiger partial charge in [0.15, 0.2) is 0 Å². The van der Waals surface area contributed by atoms with E-state index in [1.54, 1.807) is 27.7 Å². The monoisotopic (exact) mass is 214 g/mol. The molecule has 0 fully saturated rings. The lowest BCUT2D eigenvalue weighted by Gasteiger charge is -2.42. The zero-order chi connectivity index (χ0) is 12.3. The van der Waals surface area contributed by atoms with Gasteiger partial charge in [-0.3, -0.25) is 0 Å². The van der Waals surface area contributed by atoms with Crippen LogP contribution in [0.4, 0.5) is 0 Å². The van der Waals surface area contributed by atoms with Crippen molar-refractivity contribution < 1.29 is 19.8 Å². The Morgan fingerprint density at radius 1 is 1.07 bits per heavy atom. The van der Waals surface area contributed by atoms with Crippen LogP contribution >= 0.6 is 0 Å². The largest absolute Gasteiger partial charge is 0.550 e. The highest BCUT2D eigenvalue weighted by atomic mass is 16.4. The molecule has 0 spiro atoms. The van der Waals surface area contributed by atoms with Crippen LogP contribution in [0.2, 0.25) is 0 Å². The molecule has 0 saturated heterocycles. The summed E-state index contributed by atoms with van der Waals surface area (Å²) >= 11 is 0. The second kappa shape index (κ2) is 4.64. The van der Waals surface area contributed by atoms with Crippen LogP contribution in [0, 0.1) is 10.8 Å². The van der Waals surface area contributed by atoms with E-state index in [4.69, 9.17) is 0 Å². The van der Waals surface area contributed by atoms with E-state index >= 15 is 0 Å². The van der Waals surface area contributed by atoms with Crippen LogP contribution < -0.4 is 10.2 Å². The molecule has 0 heterocycles. The Balaban J connectivity index is 4.41. The van der Waals surface area contributed by atoms with Gasteiger partial charge in [0.25, 0.3) is 0 Å². The molecule has 0 amide bonds. The smallest absolute Gasteiger partial charge is 0.0476 e. The highest BCUT2D eigenvalue weighted by Crippen LogP contribution is 2.41. The molecule has 0 atom stereocenters. The van der Waals surface area contributed by atoms with Crippen LogP contribution in [0.25, 0.3) is 0 Å². The van der Waals surface area contributed by atoms with E-state index in [2.05, 4.69) is 0 Å². The van der Waals surface area contributed by atoms with Gasteiger partial charge in [-0.05, 0) is 24.7 Å². The van der Waals surface area contributed by atoms with Gasteiger partial charge in [0.1, 0.15) is 0 Å². The Hall–Kier alpha value is -1.06. The van der Waals surface area contributed by atoms with Crippen molar-refractivity contribution >= 4 is 11.9 Å². The summed E-state index contributed by atoms with van der Waals surface area (Å²) in [6.45, 7) is 6.80. The Morgan fingerprint density at radius 2 is 1.53 bits per heavy atom. The minimum absolute atomic E-state index is 0.0352. The van der Waals surface area contributed by atoms with Crippen LogP contribution in [0.15, 0.2) is 0 Å². The number of aliphatic carboxylic acids is 2. The average Bonchev–Trinajstić information content (AvgIpc) is 2.02. The SMILES string of the molecule is CC(C)(CCCC(=O)[O-])C(C)(C)C(=O)[O-]. The van der Waals surface area contributed by atoms with E-state index < -0.39 is 22.8 Å². The number of rotatable bonds is 6. The van der Waals surface area contributed by atoms with Crippen molar-refractivity contribution in [2.45, 2.75) is 47.0 Å². The molecule has 0 aliphatic carbocycles. The molecule has 88 valence electrons. The van der Waals surface area contributed by atoms with Crippen molar-refractivity contribution in [3.05, 3.63) is 0 Å². The lowest BCUT2D eigenvalue weighted by molar-refractivity contribution is -0.323. The standard InChI is InChI=1S/C11H20O4/c1-10(2,7-5-6-8(12)13)11(3,4)9(14)15/h5-7H2,1-4H3,(H,12,13)(H,14,15)/p-2. The fourth-order valence-corrected chi connectivity index (χ4v) is 1.26. The van der Waals surface area contributed by atoms with E-state index in [-0.39, 0.29) is 6.42 Å². The number of hydrogen-bond donors (Lipinski definition) is 0.